The van der Waals surface area contributed by atoms with E-state index in [9.17, 15) is 14.7 Å². The monoisotopic (exact) mass is 557 g/mol. The Morgan fingerprint density at radius 3 is 2.16 bits per heavy atom. The molecule has 7 nitrogen and oxygen atoms in total. The van der Waals surface area contributed by atoms with Crippen molar-refractivity contribution in [3.63, 3.8) is 0 Å². The van der Waals surface area contributed by atoms with Gasteiger partial charge in [-0.05, 0) is 62.2 Å². The molecule has 1 atom stereocenters. The van der Waals surface area contributed by atoms with Gasteiger partial charge >= 0.3 is 5.97 Å². The van der Waals surface area contributed by atoms with Crippen LogP contribution in [0.5, 0.6) is 5.75 Å². The lowest BCUT2D eigenvalue weighted by atomic mass is 9.78. The molecule has 3 N–H and O–H groups in total. The van der Waals surface area contributed by atoms with Crippen LogP contribution in [0.1, 0.15) is 55.7 Å². The summed E-state index contributed by atoms with van der Waals surface area (Å²) >= 11 is 12.2. The standard InChI is InChI=1S/C29H33Cl2N3O4/c1-28(2,23-10-7-11-24(32-5)34-23)17-29(3,4)38-19-14-12-18(13-15-19)16-22(27(36)37)33-26(35)25-20(30)8-6-9-21(25)31/h6-15,22H,16-17H2,1-5H3,(H,32,34)(H,33,35)(H,36,37). The van der Waals surface area contributed by atoms with Gasteiger partial charge in [0.1, 0.15) is 23.2 Å². The van der Waals surface area contributed by atoms with Gasteiger partial charge in [-0.25, -0.2) is 9.78 Å². The molecular formula is C29H33Cl2N3O4. The van der Waals surface area contributed by atoms with E-state index in [-0.39, 0.29) is 27.4 Å². The van der Waals surface area contributed by atoms with E-state index >= 15 is 0 Å². The van der Waals surface area contributed by atoms with Crippen molar-refractivity contribution in [1.82, 2.24) is 10.3 Å². The maximum atomic E-state index is 12.7. The Morgan fingerprint density at radius 2 is 1.58 bits per heavy atom. The van der Waals surface area contributed by atoms with Gasteiger partial charge in [0.15, 0.2) is 0 Å². The zero-order valence-electron chi connectivity index (χ0n) is 22.1. The molecule has 2 aromatic carbocycles. The van der Waals surface area contributed by atoms with Gasteiger partial charge < -0.3 is 20.5 Å². The van der Waals surface area contributed by atoms with Crippen LogP contribution in [0.3, 0.4) is 0 Å². The first-order chi connectivity index (χ1) is 17.8. The second kappa shape index (κ2) is 12.0. The van der Waals surface area contributed by atoms with E-state index in [1.807, 2.05) is 39.1 Å². The summed E-state index contributed by atoms with van der Waals surface area (Å²) in [5.74, 6) is -0.339. The Bertz CT molecular complexity index is 1270. The normalized spacial score (nSPS) is 12.5. The average Bonchev–Trinajstić information content (AvgIpc) is 2.83. The minimum absolute atomic E-state index is 0.0453. The van der Waals surface area contributed by atoms with Crippen molar-refractivity contribution in [2.75, 3.05) is 12.4 Å². The molecular weight excluding hydrogens is 525 g/mol. The lowest BCUT2D eigenvalue weighted by Crippen LogP contribution is -2.42. The zero-order chi connectivity index (χ0) is 28.1. The van der Waals surface area contributed by atoms with Crippen LogP contribution in [0.2, 0.25) is 10.0 Å². The summed E-state index contributed by atoms with van der Waals surface area (Å²) in [6.07, 6.45) is 0.785. The minimum Gasteiger partial charge on any atom is -0.488 e. The fraction of sp³-hybridized carbons (Fsp3) is 0.345. The highest BCUT2D eigenvalue weighted by Crippen LogP contribution is 2.34. The molecule has 0 fully saturated rings. The number of ether oxygens (including phenoxy) is 1. The first kappa shape index (κ1) is 29.3. The van der Waals surface area contributed by atoms with Crippen LogP contribution in [0, 0.1) is 0 Å². The number of hydrogen-bond donors (Lipinski definition) is 3. The van der Waals surface area contributed by atoms with Crippen LogP contribution in [-0.4, -0.2) is 40.7 Å². The van der Waals surface area contributed by atoms with Gasteiger partial charge in [-0.2, -0.15) is 0 Å². The van der Waals surface area contributed by atoms with E-state index in [1.54, 1.807) is 30.3 Å². The van der Waals surface area contributed by atoms with Gasteiger partial charge in [-0.3, -0.25) is 4.79 Å². The Morgan fingerprint density at radius 1 is 0.974 bits per heavy atom. The van der Waals surface area contributed by atoms with Crippen molar-refractivity contribution < 1.29 is 19.4 Å². The van der Waals surface area contributed by atoms with Crippen LogP contribution in [-0.2, 0) is 16.6 Å². The van der Waals surface area contributed by atoms with Gasteiger partial charge in [0, 0.05) is 24.6 Å². The molecule has 1 heterocycles. The molecule has 0 saturated carbocycles. The molecule has 0 aliphatic rings. The minimum atomic E-state index is -1.17. The van der Waals surface area contributed by atoms with Crippen molar-refractivity contribution in [2.24, 2.45) is 0 Å². The molecule has 9 heteroatoms. The molecule has 1 unspecified atom stereocenters. The highest BCUT2D eigenvalue weighted by atomic mass is 35.5. The van der Waals surface area contributed by atoms with Crippen LogP contribution in [0.25, 0.3) is 0 Å². The highest BCUT2D eigenvalue weighted by molar-refractivity contribution is 6.39. The van der Waals surface area contributed by atoms with Crippen molar-refractivity contribution >= 4 is 40.9 Å². The molecule has 0 aliphatic carbocycles. The third kappa shape index (κ3) is 7.62. The maximum Gasteiger partial charge on any atom is 0.326 e. The van der Waals surface area contributed by atoms with Gasteiger partial charge in [-0.15, -0.1) is 0 Å². The van der Waals surface area contributed by atoms with E-state index in [4.69, 9.17) is 32.9 Å². The maximum absolute atomic E-state index is 12.7. The number of aliphatic carboxylic acids is 1. The Kier molecular flexibility index (Phi) is 9.28. The van der Waals surface area contributed by atoms with Gasteiger partial charge in [0.2, 0.25) is 0 Å². The number of nitrogens with zero attached hydrogens (tertiary/aromatic N) is 1. The number of amides is 1. The third-order valence-electron chi connectivity index (χ3n) is 6.12. The summed E-state index contributed by atoms with van der Waals surface area (Å²) in [5.41, 5.74) is 0.989. The number of aromatic nitrogens is 1. The molecule has 0 aliphatic heterocycles. The summed E-state index contributed by atoms with van der Waals surface area (Å²) in [4.78, 5) is 29.3. The number of carboxylic acids is 1. The third-order valence-corrected chi connectivity index (χ3v) is 6.75. The number of benzene rings is 2. The van der Waals surface area contributed by atoms with Crippen molar-refractivity contribution in [3.05, 3.63) is 87.5 Å². The number of hydrogen-bond acceptors (Lipinski definition) is 5. The van der Waals surface area contributed by atoms with Gasteiger partial charge in [0.25, 0.3) is 5.91 Å². The Balaban J connectivity index is 1.67. The average molecular weight is 559 g/mol. The number of nitrogens with one attached hydrogen (secondary N) is 2. The van der Waals surface area contributed by atoms with E-state index in [0.29, 0.717) is 12.2 Å². The molecule has 0 radical (unpaired) electrons. The molecule has 1 aromatic heterocycles. The smallest absolute Gasteiger partial charge is 0.326 e. The van der Waals surface area contributed by atoms with Crippen molar-refractivity contribution in [3.8, 4) is 5.75 Å². The number of carbonyl (C=O) groups is 2. The number of anilines is 1. The molecule has 3 aromatic rings. The summed E-state index contributed by atoms with van der Waals surface area (Å²) < 4.78 is 6.31. The number of carbonyl (C=O) groups excluding carboxylic acids is 1. The van der Waals surface area contributed by atoms with Crippen LogP contribution < -0.4 is 15.4 Å². The Hall–Kier alpha value is -3.29. The molecule has 3 rings (SSSR count). The summed E-state index contributed by atoms with van der Waals surface area (Å²) in [6.45, 7) is 8.33. The first-order valence-corrected chi connectivity index (χ1v) is 13.0. The van der Waals surface area contributed by atoms with Crippen LogP contribution in [0.15, 0.2) is 60.7 Å². The largest absolute Gasteiger partial charge is 0.488 e. The lowest BCUT2D eigenvalue weighted by molar-refractivity contribution is -0.139. The number of rotatable bonds is 11. The number of pyridine rings is 1. The molecule has 1 amide bonds. The summed E-state index contributed by atoms with van der Waals surface area (Å²) in [7, 11) is 1.84. The zero-order valence-corrected chi connectivity index (χ0v) is 23.7. The summed E-state index contributed by atoms with van der Waals surface area (Å²) in [6, 6.07) is 16.6. The van der Waals surface area contributed by atoms with Gasteiger partial charge in [-0.1, -0.05) is 61.3 Å². The quantitative estimate of drug-likeness (QED) is 0.253. The second-order valence-electron chi connectivity index (χ2n) is 10.4. The fourth-order valence-electron chi connectivity index (χ4n) is 4.54. The topological polar surface area (TPSA) is 101 Å². The number of halogens is 2. The SMILES string of the molecule is CNc1cccc(C(C)(C)CC(C)(C)Oc2ccc(CC(NC(=O)c3c(Cl)cccc3Cl)C(=O)O)cc2)n1. The number of carboxylic acid groups (broad SMARTS) is 1. The molecule has 38 heavy (non-hydrogen) atoms. The molecule has 0 saturated heterocycles. The van der Waals surface area contributed by atoms with Crippen LogP contribution >= 0.6 is 23.2 Å². The van der Waals surface area contributed by atoms with E-state index in [1.165, 1.54) is 12.1 Å². The predicted octanol–water partition coefficient (Wildman–Crippen LogP) is 6.38. The second-order valence-corrected chi connectivity index (χ2v) is 11.2. The Labute approximate surface area is 233 Å². The van der Waals surface area contributed by atoms with E-state index in [2.05, 4.69) is 24.5 Å². The first-order valence-electron chi connectivity index (χ1n) is 12.2. The van der Waals surface area contributed by atoms with Crippen molar-refractivity contribution in [2.45, 2.75) is 57.6 Å². The highest BCUT2D eigenvalue weighted by Gasteiger charge is 2.33. The fourth-order valence-corrected chi connectivity index (χ4v) is 5.10. The summed E-state index contributed by atoms with van der Waals surface area (Å²) in [5, 5.41) is 15.6. The van der Waals surface area contributed by atoms with E-state index < -0.39 is 23.5 Å². The predicted molar refractivity (Wildman–Crippen MR) is 152 cm³/mol. The molecule has 202 valence electrons. The lowest BCUT2D eigenvalue weighted by Gasteiger charge is -2.35. The van der Waals surface area contributed by atoms with Crippen LogP contribution in [0.4, 0.5) is 5.82 Å². The van der Waals surface area contributed by atoms with Crippen molar-refractivity contribution in [1.29, 1.82) is 0 Å². The molecule has 0 spiro atoms. The molecule has 0 bridgehead atoms. The van der Waals surface area contributed by atoms with E-state index in [0.717, 1.165) is 17.1 Å². The van der Waals surface area contributed by atoms with Gasteiger partial charge in [0.05, 0.1) is 15.6 Å².